The zero-order chi connectivity index (χ0) is 16.3. The average Bonchev–Trinajstić information content (AvgIpc) is 2.46. The van der Waals surface area contributed by atoms with Crippen LogP contribution >= 0.6 is 0 Å². The lowest BCUT2D eigenvalue weighted by molar-refractivity contribution is -0.139. The highest BCUT2D eigenvalue weighted by atomic mass is 16.5. The van der Waals surface area contributed by atoms with Gasteiger partial charge in [-0.3, -0.25) is 0 Å². The third-order valence-corrected chi connectivity index (χ3v) is 3.33. The molecule has 2 amide bonds. The fourth-order valence-electron chi connectivity index (χ4n) is 2.34. The second-order valence-corrected chi connectivity index (χ2v) is 4.69. The van der Waals surface area contributed by atoms with Crippen molar-refractivity contribution in [3.8, 4) is 11.5 Å². The molecule has 1 aliphatic heterocycles. The van der Waals surface area contributed by atoms with Crippen LogP contribution in [0, 0.1) is 0 Å². The molecular formula is C15H18N2O5. The molecule has 7 nitrogen and oxygen atoms in total. The molecule has 2 rings (SSSR count). The third kappa shape index (κ3) is 2.83. The lowest BCUT2D eigenvalue weighted by Gasteiger charge is -2.28. The van der Waals surface area contributed by atoms with E-state index in [1.165, 1.54) is 7.11 Å². The summed E-state index contributed by atoms with van der Waals surface area (Å²) in [4.78, 5) is 23.9. The fourth-order valence-corrected chi connectivity index (χ4v) is 2.34. The van der Waals surface area contributed by atoms with Crippen LogP contribution < -0.4 is 15.4 Å². The largest absolute Gasteiger partial charge is 0.504 e. The SMILES string of the molecule is CCOC(=O)C1=C(C)NC(=O)N[C@H]1c1cccc(OC)c1O. The number of ether oxygens (including phenoxy) is 2. The summed E-state index contributed by atoms with van der Waals surface area (Å²) in [6, 6.07) is 3.59. The quantitative estimate of drug-likeness (QED) is 0.734. The van der Waals surface area contributed by atoms with Crippen LogP contribution in [0.2, 0.25) is 0 Å². The lowest BCUT2D eigenvalue weighted by atomic mass is 9.94. The van der Waals surface area contributed by atoms with Crippen LogP contribution in [0.4, 0.5) is 4.79 Å². The summed E-state index contributed by atoms with van der Waals surface area (Å²) in [5.41, 5.74) is 0.982. The number of allylic oxidation sites excluding steroid dienone is 1. The molecular weight excluding hydrogens is 288 g/mol. The molecule has 0 aromatic heterocycles. The number of benzene rings is 1. The molecule has 0 bridgehead atoms. The molecule has 3 N–H and O–H groups in total. The number of esters is 1. The summed E-state index contributed by atoms with van der Waals surface area (Å²) < 4.78 is 10.1. The van der Waals surface area contributed by atoms with Crippen LogP contribution in [0.5, 0.6) is 11.5 Å². The van der Waals surface area contributed by atoms with Gasteiger partial charge in [-0.2, -0.15) is 0 Å². The van der Waals surface area contributed by atoms with Crippen LogP contribution in [-0.4, -0.2) is 30.8 Å². The molecule has 22 heavy (non-hydrogen) atoms. The van der Waals surface area contributed by atoms with Crippen molar-refractivity contribution in [2.75, 3.05) is 13.7 Å². The zero-order valence-electron chi connectivity index (χ0n) is 12.6. The van der Waals surface area contributed by atoms with Crippen molar-refractivity contribution in [1.29, 1.82) is 0 Å². The van der Waals surface area contributed by atoms with Gasteiger partial charge < -0.3 is 25.2 Å². The van der Waals surface area contributed by atoms with Crippen LogP contribution in [0.25, 0.3) is 0 Å². The van der Waals surface area contributed by atoms with Gasteiger partial charge in [-0.1, -0.05) is 12.1 Å². The molecule has 0 radical (unpaired) electrons. The first-order valence-electron chi connectivity index (χ1n) is 6.80. The second-order valence-electron chi connectivity index (χ2n) is 4.69. The Labute approximate surface area is 127 Å². The van der Waals surface area contributed by atoms with Gasteiger partial charge in [-0.25, -0.2) is 9.59 Å². The highest BCUT2D eigenvalue weighted by Gasteiger charge is 2.34. The topological polar surface area (TPSA) is 96.9 Å². The van der Waals surface area contributed by atoms with Crippen molar-refractivity contribution in [3.05, 3.63) is 35.0 Å². The molecule has 0 saturated heterocycles. The van der Waals surface area contributed by atoms with E-state index in [2.05, 4.69) is 10.6 Å². The van der Waals surface area contributed by atoms with E-state index < -0.39 is 18.0 Å². The van der Waals surface area contributed by atoms with Crippen molar-refractivity contribution >= 4 is 12.0 Å². The van der Waals surface area contributed by atoms with Gasteiger partial charge in [-0.05, 0) is 19.9 Å². The zero-order valence-corrected chi connectivity index (χ0v) is 12.6. The molecule has 118 valence electrons. The van der Waals surface area contributed by atoms with Crippen LogP contribution in [0.3, 0.4) is 0 Å². The van der Waals surface area contributed by atoms with E-state index >= 15 is 0 Å². The summed E-state index contributed by atoms with van der Waals surface area (Å²) >= 11 is 0. The Morgan fingerprint density at radius 1 is 1.41 bits per heavy atom. The van der Waals surface area contributed by atoms with Crippen LogP contribution in [0.1, 0.15) is 25.5 Å². The highest BCUT2D eigenvalue weighted by molar-refractivity contribution is 5.95. The summed E-state index contributed by atoms with van der Waals surface area (Å²) in [5, 5.41) is 15.4. The molecule has 7 heteroatoms. The van der Waals surface area contributed by atoms with E-state index in [1.54, 1.807) is 32.0 Å². The number of para-hydroxylation sites is 1. The minimum atomic E-state index is -0.817. The van der Waals surface area contributed by atoms with Gasteiger partial charge in [-0.15, -0.1) is 0 Å². The summed E-state index contributed by atoms with van der Waals surface area (Å²) in [5.74, 6) is -0.433. The number of amides is 2. The minimum Gasteiger partial charge on any atom is -0.504 e. The average molecular weight is 306 g/mol. The van der Waals surface area contributed by atoms with Gasteiger partial charge in [0.15, 0.2) is 11.5 Å². The number of carbonyl (C=O) groups is 2. The van der Waals surface area contributed by atoms with E-state index in [1.807, 2.05) is 0 Å². The molecule has 1 heterocycles. The fraction of sp³-hybridized carbons (Fsp3) is 0.333. The summed E-state index contributed by atoms with van der Waals surface area (Å²) in [6.45, 7) is 3.51. The Kier molecular flexibility index (Phi) is 4.55. The molecule has 0 unspecified atom stereocenters. The van der Waals surface area contributed by atoms with E-state index in [4.69, 9.17) is 9.47 Å². The normalized spacial score (nSPS) is 17.6. The maximum Gasteiger partial charge on any atom is 0.338 e. The van der Waals surface area contributed by atoms with Gasteiger partial charge in [0.2, 0.25) is 0 Å². The van der Waals surface area contributed by atoms with Gasteiger partial charge in [0.1, 0.15) is 0 Å². The Morgan fingerprint density at radius 3 is 2.77 bits per heavy atom. The van der Waals surface area contributed by atoms with E-state index in [0.717, 1.165) is 0 Å². The van der Waals surface area contributed by atoms with E-state index in [9.17, 15) is 14.7 Å². The maximum absolute atomic E-state index is 12.2. The predicted octanol–water partition coefficient (Wildman–Crippen LogP) is 1.59. The van der Waals surface area contributed by atoms with Crippen molar-refractivity contribution in [2.45, 2.75) is 19.9 Å². The van der Waals surface area contributed by atoms with Crippen molar-refractivity contribution in [3.63, 3.8) is 0 Å². The smallest absolute Gasteiger partial charge is 0.338 e. The van der Waals surface area contributed by atoms with Crippen LogP contribution in [-0.2, 0) is 9.53 Å². The molecule has 0 aliphatic carbocycles. The van der Waals surface area contributed by atoms with E-state index in [-0.39, 0.29) is 23.7 Å². The number of phenolic OH excluding ortho intramolecular Hbond substituents is 1. The molecule has 1 aromatic carbocycles. The molecule has 1 aromatic rings. The van der Waals surface area contributed by atoms with E-state index in [0.29, 0.717) is 11.3 Å². The monoisotopic (exact) mass is 306 g/mol. The Morgan fingerprint density at radius 2 is 2.14 bits per heavy atom. The first-order chi connectivity index (χ1) is 10.5. The van der Waals surface area contributed by atoms with Gasteiger partial charge in [0.05, 0.1) is 25.3 Å². The third-order valence-electron chi connectivity index (χ3n) is 3.33. The van der Waals surface area contributed by atoms with Crippen molar-refractivity contribution in [1.82, 2.24) is 10.6 Å². The first kappa shape index (κ1) is 15.7. The number of urea groups is 1. The number of hydrogen-bond acceptors (Lipinski definition) is 5. The molecule has 0 spiro atoms. The molecule has 0 saturated carbocycles. The Bertz CT molecular complexity index is 639. The van der Waals surface area contributed by atoms with Crippen LogP contribution in [0.15, 0.2) is 29.5 Å². The van der Waals surface area contributed by atoms with Gasteiger partial charge in [0.25, 0.3) is 0 Å². The molecule has 1 atom stereocenters. The number of rotatable bonds is 4. The van der Waals surface area contributed by atoms with Gasteiger partial charge in [0, 0.05) is 11.3 Å². The number of aromatic hydroxyl groups is 1. The standard InChI is InChI=1S/C15H18N2O5/c1-4-22-14(19)11-8(2)16-15(20)17-12(11)9-6-5-7-10(21-3)13(9)18/h5-7,12,18H,4H2,1-3H3,(H2,16,17,20)/t12-/m0/s1. The number of nitrogens with one attached hydrogen (secondary N) is 2. The lowest BCUT2D eigenvalue weighted by Crippen LogP contribution is -2.45. The first-order valence-corrected chi connectivity index (χ1v) is 6.80. The van der Waals surface area contributed by atoms with Crippen molar-refractivity contribution in [2.24, 2.45) is 0 Å². The summed E-state index contributed by atoms with van der Waals surface area (Å²) in [6.07, 6.45) is 0. The number of methoxy groups -OCH3 is 1. The second kappa shape index (κ2) is 6.38. The highest BCUT2D eigenvalue weighted by Crippen LogP contribution is 2.38. The summed E-state index contributed by atoms with van der Waals surface area (Å²) in [7, 11) is 1.42. The molecule has 1 aliphatic rings. The number of carbonyl (C=O) groups excluding carboxylic acids is 2. The van der Waals surface area contributed by atoms with Crippen molar-refractivity contribution < 1.29 is 24.2 Å². The Hall–Kier alpha value is -2.70. The number of hydrogen-bond donors (Lipinski definition) is 3. The molecule has 0 fully saturated rings. The van der Waals surface area contributed by atoms with Gasteiger partial charge >= 0.3 is 12.0 Å². The minimum absolute atomic E-state index is 0.133. The maximum atomic E-state index is 12.2. The Balaban J connectivity index is 2.53. The predicted molar refractivity (Wildman–Crippen MR) is 78.4 cm³/mol. The number of phenols is 1.